The molecule has 0 fully saturated rings. The number of aromatic nitrogens is 4. The lowest BCUT2D eigenvalue weighted by Gasteiger charge is -2.17. The first kappa shape index (κ1) is 21.8. The minimum absolute atomic E-state index is 0.528. The third-order valence-electron chi connectivity index (χ3n) is 6.63. The van der Waals surface area contributed by atoms with Crippen molar-refractivity contribution in [3.63, 3.8) is 0 Å². The highest BCUT2D eigenvalue weighted by Crippen LogP contribution is 2.50. The molecule has 0 amide bonds. The molecule has 2 aliphatic heterocycles. The van der Waals surface area contributed by atoms with Gasteiger partial charge in [-0.05, 0) is 0 Å². The van der Waals surface area contributed by atoms with Crippen molar-refractivity contribution in [1.82, 2.24) is 19.9 Å². The van der Waals surface area contributed by atoms with Crippen LogP contribution in [0.3, 0.4) is 0 Å². The number of thiophene rings is 2. The van der Waals surface area contributed by atoms with E-state index in [-0.39, 0.29) is 0 Å². The zero-order valence-electron chi connectivity index (χ0n) is 19.8. The second-order valence-corrected chi connectivity index (χ2v) is 10.5. The Kier molecular flexibility index (Phi) is 4.95. The second kappa shape index (κ2) is 8.64. The summed E-state index contributed by atoms with van der Waals surface area (Å²) in [5.41, 5.74) is 6.95. The van der Waals surface area contributed by atoms with Crippen LogP contribution in [0.5, 0.6) is 23.0 Å². The van der Waals surface area contributed by atoms with Crippen LogP contribution in [0, 0.1) is 0 Å². The Labute approximate surface area is 224 Å². The first-order chi connectivity index (χ1) is 18.9. The van der Waals surface area contributed by atoms with Gasteiger partial charge < -0.3 is 18.9 Å². The predicted molar refractivity (Wildman–Crippen MR) is 147 cm³/mol. The molecule has 2 aliphatic rings. The molecule has 0 saturated heterocycles. The first-order valence-electron chi connectivity index (χ1n) is 12.1. The highest BCUT2D eigenvalue weighted by Gasteiger charge is 2.25. The molecule has 0 saturated carbocycles. The normalized spacial score (nSPS) is 14.2. The van der Waals surface area contributed by atoms with E-state index in [4.69, 9.17) is 38.9 Å². The van der Waals surface area contributed by atoms with E-state index in [0.29, 0.717) is 26.4 Å². The van der Waals surface area contributed by atoms with Crippen LogP contribution in [-0.2, 0) is 0 Å². The molecule has 2 aromatic carbocycles. The van der Waals surface area contributed by atoms with Crippen LogP contribution < -0.4 is 18.9 Å². The van der Waals surface area contributed by atoms with E-state index in [1.54, 1.807) is 47.5 Å². The standard InChI is InChI=1S/C28H18N4O4S2/c1-3-17(27-25-19(13-37-27)33-9-11-35-25)23-21(29-5-7-31-23)15(1)16-2-4-18(24-22(16)30-6-8-32-24)28-26-20(14-38-28)34-10-12-36-26/h1-8,13-14H,9-12H2. The zero-order chi connectivity index (χ0) is 25.1. The second-order valence-electron chi connectivity index (χ2n) is 8.74. The van der Waals surface area contributed by atoms with Gasteiger partial charge in [-0.3, -0.25) is 19.9 Å². The van der Waals surface area contributed by atoms with Gasteiger partial charge in [0.15, 0.2) is 23.0 Å². The molecular weight excluding hydrogens is 520 g/mol. The fourth-order valence-electron chi connectivity index (χ4n) is 5.01. The summed E-state index contributed by atoms with van der Waals surface area (Å²) in [6.07, 6.45) is 6.87. The van der Waals surface area contributed by atoms with Gasteiger partial charge in [0.2, 0.25) is 0 Å². The molecule has 186 valence electrons. The van der Waals surface area contributed by atoms with Gasteiger partial charge in [0.1, 0.15) is 26.4 Å². The Bertz CT molecular complexity index is 1730. The lowest BCUT2D eigenvalue weighted by molar-refractivity contribution is 0.174. The van der Waals surface area contributed by atoms with Crippen LogP contribution in [-0.4, -0.2) is 46.4 Å². The maximum atomic E-state index is 5.96. The molecular formula is C28H18N4O4S2. The minimum Gasteiger partial charge on any atom is -0.485 e. The van der Waals surface area contributed by atoms with Crippen molar-refractivity contribution in [3.05, 3.63) is 59.8 Å². The van der Waals surface area contributed by atoms with E-state index in [1.807, 2.05) is 10.8 Å². The van der Waals surface area contributed by atoms with E-state index in [2.05, 4.69) is 24.3 Å². The predicted octanol–water partition coefficient (Wildman–Crippen LogP) is 6.24. The quantitative estimate of drug-likeness (QED) is 0.262. The monoisotopic (exact) mass is 538 g/mol. The van der Waals surface area contributed by atoms with Crippen molar-refractivity contribution < 1.29 is 18.9 Å². The number of nitrogens with zero attached hydrogens (tertiary/aromatic N) is 4. The van der Waals surface area contributed by atoms with Crippen molar-refractivity contribution in [2.24, 2.45) is 0 Å². The lowest BCUT2D eigenvalue weighted by atomic mass is 9.97. The molecule has 0 unspecified atom stereocenters. The van der Waals surface area contributed by atoms with Crippen molar-refractivity contribution >= 4 is 44.7 Å². The number of ether oxygens (including phenoxy) is 4. The van der Waals surface area contributed by atoms with Gasteiger partial charge in [0.05, 0.1) is 31.8 Å². The molecule has 8 nitrogen and oxygen atoms in total. The van der Waals surface area contributed by atoms with Crippen LogP contribution >= 0.6 is 22.7 Å². The SMILES string of the molecule is c1cnc2c(-c3ccc(-c4scc5c4OCCO5)c4nccnc34)ccc(-c3scc4c3OCCO4)c2n1. The molecule has 38 heavy (non-hydrogen) atoms. The van der Waals surface area contributed by atoms with Gasteiger partial charge >= 0.3 is 0 Å². The van der Waals surface area contributed by atoms with Crippen molar-refractivity contribution in [3.8, 4) is 55.0 Å². The summed E-state index contributed by atoms with van der Waals surface area (Å²) in [6, 6.07) is 8.31. The maximum absolute atomic E-state index is 5.96. The highest BCUT2D eigenvalue weighted by atomic mass is 32.1. The van der Waals surface area contributed by atoms with Crippen LogP contribution in [0.15, 0.2) is 59.8 Å². The number of fused-ring (bicyclic) bond motifs is 4. The van der Waals surface area contributed by atoms with Crippen LogP contribution in [0.25, 0.3) is 54.1 Å². The molecule has 0 radical (unpaired) electrons. The summed E-state index contributed by atoms with van der Waals surface area (Å²) < 4.78 is 23.5. The van der Waals surface area contributed by atoms with E-state index in [1.165, 1.54) is 0 Å². The molecule has 10 heteroatoms. The molecule has 0 atom stereocenters. The van der Waals surface area contributed by atoms with Crippen molar-refractivity contribution in [2.45, 2.75) is 0 Å². The average molecular weight is 539 g/mol. The van der Waals surface area contributed by atoms with Gasteiger partial charge in [-0.1, -0.05) is 24.3 Å². The van der Waals surface area contributed by atoms with Gasteiger partial charge in [-0.2, -0.15) is 0 Å². The van der Waals surface area contributed by atoms with E-state index >= 15 is 0 Å². The summed E-state index contributed by atoms with van der Waals surface area (Å²) >= 11 is 3.18. The summed E-state index contributed by atoms with van der Waals surface area (Å²) in [6.45, 7) is 2.17. The zero-order valence-corrected chi connectivity index (χ0v) is 21.5. The fourth-order valence-corrected chi connectivity index (χ4v) is 6.93. The smallest absolute Gasteiger partial charge is 0.180 e. The van der Waals surface area contributed by atoms with Crippen LogP contribution in [0.2, 0.25) is 0 Å². The van der Waals surface area contributed by atoms with Gasteiger partial charge in [0, 0.05) is 57.8 Å². The molecule has 4 aromatic heterocycles. The number of rotatable bonds is 3. The summed E-state index contributed by atoms with van der Waals surface area (Å²) in [5.74, 6) is 3.10. The minimum atomic E-state index is 0.528. The molecule has 6 aromatic rings. The van der Waals surface area contributed by atoms with Crippen LogP contribution in [0.1, 0.15) is 0 Å². The number of benzene rings is 2. The van der Waals surface area contributed by atoms with Crippen molar-refractivity contribution in [1.29, 1.82) is 0 Å². The Morgan fingerprint density at radius 3 is 1.29 bits per heavy atom. The maximum Gasteiger partial charge on any atom is 0.180 e. The largest absolute Gasteiger partial charge is 0.485 e. The molecule has 8 rings (SSSR count). The topological polar surface area (TPSA) is 88.5 Å². The molecule has 0 aliphatic carbocycles. The number of hydrogen-bond donors (Lipinski definition) is 0. The van der Waals surface area contributed by atoms with Gasteiger partial charge in [-0.15, -0.1) is 22.7 Å². The van der Waals surface area contributed by atoms with Gasteiger partial charge in [0.25, 0.3) is 0 Å². The van der Waals surface area contributed by atoms with E-state index < -0.39 is 0 Å². The number of hydrogen-bond acceptors (Lipinski definition) is 10. The molecule has 0 N–H and O–H groups in total. The van der Waals surface area contributed by atoms with Crippen LogP contribution in [0.4, 0.5) is 0 Å². The summed E-state index contributed by atoms with van der Waals surface area (Å²) in [7, 11) is 0. The molecule has 6 heterocycles. The Balaban J connectivity index is 1.32. The van der Waals surface area contributed by atoms with Gasteiger partial charge in [-0.25, -0.2) is 0 Å². The summed E-state index contributed by atoms with van der Waals surface area (Å²) in [5, 5.41) is 3.97. The lowest BCUT2D eigenvalue weighted by Crippen LogP contribution is -2.14. The van der Waals surface area contributed by atoms with Crippen molar-refractivity contribution in [2.75, 3.05) is 26.4 Å². The summed E-state index contributed by atoms with van der Waals surface area (Å²) in [4.78, 5) is 21.0. The Morgan fingerprint density at radius 1 is 0.474 bits per heavy atom. The first-order valence-corrected chi connectivity index (χ1v) is 13.9. The van der Waals surface area contributed by atoms with E-state index in [9.17, 15) is 0 Å². The highest BCUT2D eigenvalue weighted by molar-refractivity contribution is 7.14. The third kappa shape index (κ3) is 3.27. The average Bonchev–Trinajstić information content (AvgIpc) is 3.61. The fraction of sp³-hybridized carbons (Fsp3) is 0.143. The molecule has 0 spiro atoms. The Hall–Kier alpha value is -4.28. The molecule has 0 bridgehead atoms. The van der Waals surface area contributed by atoms with E-state index in [0.717, 1.165) is 77.1 Å². The third-order valence-corrected chi connectivity index (χ3v) is 8.58. The Morgan fingerprint density at radius 2 is 0.842 bits per heavy atom.